The highest BCUT2D eigenvalue weighted by Gasteiger charge is 2.07. The van der Waals surface area contributed by atoms with Crippen LogP contribution in [0.1, 0.15) is 5.82 Å². The van der Waals surface area contributed by atoms with Crippen LogP contribution in [0.4, 0.5) is 0 Å². The van der Waals surface area contributed by atoms with E-state index in [0.29, 0.717) is 28.6 Å². The topological polar surface area (TPSA) is 72.5 Å². The molecule has 0 atom stereocenters. The third-order valence-electron chi connectivity index (χ3n) is 2.54. The van der Waals surface area contributed by atoms with E-state index < -0.39 is 0 Å². The average molecular weight is 282 g/mol. The SMILES string of the molecule is S=c1[nH]c2cc(Cl)cnc2n1CCc1ncon1. The fourth-order valence-corrected chi connectivity index (χ4v) is 2.19. The number of hydrogen-bond donors (Lipinski definition) is 1. The molecule has 0 unspecified atom stereocenters. The number of hydrogen-bond acceptors (Lipinski definition) is 5. The summed E-state index contributed by atoms with van der Waals surface area (Å²) in [6.45, 7) is 0.632. The van der Waals surface area contributed by atoms with Crippen LogP contribution >= 0.6 is 23.8 Å². The minimum atomic E-state index is 0.573. The normalized spacial score (nSPS) is 11.2. The van der Waals surface area contributed by atoms with Gasteiger partial charge in [0.2, 0.25) is 6.39 Å². The molecular formula is C10H8ClN5OS. The van der Waals surface area contributed by atoms with Gasteiger partial charge in [-0.3, -0.25) is 0 Å². The Morgan fingerprint density at radius 2 is 2.33 bits per heavy atom. The van der Waals surface area contributed by atoms with Crippen LogP contribution in [0.2, 0.25) is 5.02 Å². The predicted octanol–water partition coefficient (Wildman–Crippen LogP) is 2.37. The summed E-state index contributed by atoms with van der Waals surface area (Å²) in [6, 6.07) is 1.80. The molecule has 3 aromatic heterocycles. The summed E-state index contributed by atoms with van der Waals surface area (Å²) in [4.78, 5) is 11.3. The number of imidazole rings is 1. The number of rotatable bonds is 3. The van der Waals surface area contributed by atoms with Gasteiger partial charge in [-0.2, -0.15) is 4.98 Å². The molecule has 0 spiro atoms. The van der Waals surface area contributed by atoms with E-state index in [1.807, 2.05) is 4.57 Å². The van der Waals surface area contributed by atoms with E-state index in [0.717, 1.165) is 11.2 Å². The predicted molar refractivity (Wildman–Crippen MR) is 67.9 cm³/mol. The zero-order valence-electron chi connectivity index (χ0n) is 9.13. The molecule has 0 amide bonds. The van der Waals surface area contributed by atoms with Crippen molar-refractivity contribution in [3.63, 3.8) is 0 Å². The molecule has 0 radical (unpaired) electrons. The summed E-state index contributed by atoms with van der Waals surface area (Å²) < 4.78 is 7.17. The summed E-state index contributed by atoms with van der Waals surface area (Å²) in [6.07, 6.45) is 3.53. The number of aromatic nitrogens is 5. The second-order valence-corrected chi connectivity index (χ2v) is 4.53. The Morgan fingerprint density at radius 3 is 3.11 bits per heavy atom. The molecule has 18 heavy (non-hydrogen) atoms. The Morgan fingerprint density at radius 1 is 1.44 bits per heavy atom. The molecule has 6 nitrogen and oxygen atoms in total. The zero-order chi connectivity index (χ0) is 12.5. The summed E-state index contributed by atoms with van der Waals surface area (Å²) >= 11 is 11.1. The summed E-state index contributed by atoms with van der Waals surface area (Å²) in [5.41, 5.74) is 1.59. The first-order valence-corrected chi connectivity index (χ1v) is 6.02. The van der Waals surface area contributed by atoms with Crippen molar-refractivity contribution < 1.29 is 4.52 Å². The summed E-state index contributed by atoms with van der Waals surface area (Å²) in [5, 5.41) is 4.33. The van der Waals surface area contributed by atoms with Gasteiger partial charge in [-0.1, -0.05) is 16.8 Å². The third-order valence-corrected chi connectivity index (χ3v) is 3.07. The lowest BCUT2D eigenvalue weighted by Crippen LogP contribution is -2.03. The first-order valence-electron chi connectivity index (χ1n) is 5.23. The van der Waals surface area contributed by atoms with Crippen LogP contribution in [-0.4, -0.2) is 24.7 Å². The van der Waals surface area contributed by atoms with Crippen molar-refractivity contribution >= 4 is 35.0 Å². The molecule has 0 aromatic carbocycles. The van der Waals surface area contributed by atoms with Crippen LogP contribution in [0, 0.1) is 4.77 Å². The highest BCUT2D eigenvalue weighted by molar-refractivity contribution is 7.71. The largest absolute Gasteiger partial charge is 0.343 e. The fourth-order valence-electron chi connectivity index (χ4n) is 1.74. The Kier molecular flexibility index (Phi) is 2.85. The van der Waals surface area contributed by atoms with Crippen molar-refractivity contribution in [1.82, 2.24) is 24.7 Å². The van der Waals surface area contributed by atoms with Crippen LogP contribution in [0.3, 0.4) is 0 Å². The smallest absolute Gasteiger partial charge is 0.213 e. The van der Waals surface area contributed by atoms with E-state index in [1.54, 1.807) is 12.3 Å². The number of halogens is 1. The van der Waals surface area contributed by atoms with E-state index in [-0.39, 0.29) is 0 Å². The van der Waals surface area contributed by atoms with Gasteiger partial charge in [-0.15, -0.1) is 0 Å². The van der Waals surface area contributed by atoms with Crippen LogP contribution in [-0.2, 0) is 13.0 Å². The van der Waals surface area contributed by atoms with Crippen molar-refractivity contribution in [1.29, 1.82) is 0 Å². The molecule has 3 rings (SSSR count). The summed E-state index contributed by atoms with van der Waals surface area (Å²) in [7, 11) is 0. The van der Waals surface area contributed by atoms with Crippen LogP contribution in [0.15, 0.2) is 23.2 Å². The molecule has 0 fully saturated rings. The molecule has 0 aliphatic heterocycles. The van der Waals surface area contributed by atoms with Crippen molar-refractivity contribution in [3.05, 3.63) is 34.3 Å². The fraction of sp³-hybridized carbons (Fsp3) is 0.200. The number of pyridine rings is 1. The van der Waals surface area contributed by atoms with Gasteiger partial charge in [-0.05, 0) is 18.3 Å². The highest BCUT2D eigenvalue weighted by atomic mass is 35.5. The van der Waals surface area contributed by atoms with E-state index >= 15 is 0 Å². The first-order chi connectivity index (χ1) is 8.74. The lowest BCUT2D eigenvalue weighted by Gasteiger charge is -2.00. The number of fused-ring (bicyclic) bond motifs is 1. The highest BCUT2D eigenvalue weighted by Crippen LogP contribution is 2.16. The lowest BCUT2D eigenvalue weighted by atomic mass is 10.4. The monoisotopic (exact) mass is 281 g/mol. The Hall–Kier alpha value is -1.73. The number of nitrogens with zero attached hydrogens (tertiary/aromatic N) is 4. The van der Waals surface area contributed by atoms with Crippen LogP contribution in [0.5, 0.6) is 0 Å². The molecule has 0 aliphatic rings. The molecule has 0 saturated heterocycles. The van der Waals surface area contributed by atoms with E-state index in [2.05, 4.69) is 24.6 Å². The van der Waals surface area contributed by atoms with E-state index in [4.69, 9.17) is 23.8 Å². The van der Waals surface area contributed by atoms with Gasteiger partial charge in [0, 0.05) is 19.2 Å². The molecular weight excluding hydrogens is 274 g/mol. The van der Waals surface area contributed by atoms with Gasteiger partial charge in [0.05, 0.1) is 10.5 Å². The zero-order valence-corrected chi connectivity index (χ0v) is 10.7. The van der Waals surface area contributed by atoms with Crippen molar-refractivity contribution in [2.75, 3.05) is 0 Å². The maximum Gasteiger partial charge on any atom is 0.213 e. The quantitative estimate of drug-likeness (QED) is 0.746. The van der Waals surface area contributed by atoms with Gasteiger partial charge < -0.3 is 14.1 Å². The molecule has 3 aromatic rings. The van der Waals surface area contributed by atoms with Gasteiger partial charge in [0.1, 0.15) is 0 Å². The van der Waals surface area contributed by atoms with Crippen LogP contribution < -0.4 is 0 Å². The Bertz CT molecular complexity index is 732. The standard InChI is InChI=1S/C10H8ClN5OS/c11-6-3-7-9(12-4-6)16(10(18)14-7)2-1-8-13-5-17-15-8/h3-5H,1-2H2,(H,14,18). The van der Waals surface area contributed by atoms with Crippen molar-refractivity contribution in [3.8, 4) is 0 Å². The molecule has 0 saturated carbocycles. The van der Waals surface area contributed by atoms with E-state index in [9.17, 15) is 0 Å². The number of aryl methyl sites for hydroxylation is 2. The molecule has 92 valence electrons. The molecule has 0 aliphatic carbocycles. The third kappa shape index (κ3) is 2.02. The summed E-state index contributed by atoms with van der Waals surface area (Å²) in [5.74, 6) is 0.639. The van der Waals surface area contributed by atoms with Gasteiger partial charge >= 0.3 is 0 Å². The van der Waals surface area contributed by atoms with Crippen molar-refractivity contribution in [2.45, 2.75) is 13.0 Å². The van der Waals surface area contributed by atoms with Crippen molar-refractivity contribution in [2.24, 2.45) is 0 Å². The molecule has 1 N–H and O–H groups in total. The number of nitrogens with one attached hydrogen (secondary N) is 1. The van der Waals surface area contributed by atoms with Gasteiger partial charge in [0.15, 0.2) is 16.2 Å². The maximum absolute atomic E-state index is 5.88. The Labute approximate surface area is 112 Å². The Balaban J connectivity index is 1.96. The van der Waals surface area contributed by atoms with Gasteiger partial charge in [-0.25, -0.2) is 4.98 Å². The average Bonchev–Trinajstić information content (AvgIpc) is 2.93. The lowest BCUT2D eigenvalue weighted by molar-refractivity contribution is 0.408. The minimum Gasteiger partial charge on any atom is -0.343 e. The number of aromatic amines is 1. The minimum absolute atomic E-state index is 0.573. The molecule has 8 heteroatoms. The maximum atomic E-state index is 5.88. The molecule has 0 bridgehead atoms. The first kappa shape index (κ1) is 11.4. The second kappa shape index (κ2) is 4.51. The van der Waals surface area contributed by atoms with Crippen LogP contribution in [0.25, 0.3) is 11.2 Å². The second-order valence-electron chi connectivity index (χ2n) is 3.70. The molecule has 3 heterocycles. The number of H-pyrrole nitrogens is 1. The van der Waals surface area contributed by atoms with E-state index in [1.165, 1.54) is 6.39 Å². The van der Waals surface area contributed by atoms with Gasteiger partial charge in [0.25, 0.3) is 0 Å².